The van der Waals surface area contributed by atoms with Crippen LogP contribution in [0.3, 0.4) is 0 Å². The van der Waals surface area contributed by atoms with E-state index in [0.29, 0.717) is 11.7 Å². The van der Waals surface area contributed by atoms with Crippen molar-refractivity contribution in [3.63, 3.8) is 0 Å². The van der Waals surface area contributed by atoms with Crippen LogP contribution in [0.2, 0.25) is 0 Å². The van der Waals surface area contributed by atoms with Crippen molar-refractivity contribution in [1.29, 1.82) is 0 Å². The number of nitrogens with two attached hydrogens (primary N) is 1. The zero-order valence-corrected chi connectivity index (χ0v) is 15.0. The second kappa shape index (κ2) is 8.27. The summed E-state index contributed by atoms with van der Waals surface area (Å²) in [6.45, 7) is 5.61. The van der Waals surface area contributed by atoms with Gasteiger partial charge in [-0.1, -0.05) is 12.0 Å². The van der Waals surface area contributed by atoms with Crippen LogP contribution in [0.1, 0.15) is 30.0 Å². The van der Waals surface area contributed by atoms with Crippen molar-refractivity contribution in [2.45, 2.75) is 19.4 Å². The molecule has 124 valence electrons. The third kappa shape index (κ3) is 4.43. The molecule has 1 unspecified atom stereocenters. The summed E-state index contributed by atoms with van der Waals surface area (Å²) in [7, 11) is 3.75. The first-order valence-electron chi connectivity index (χ1n) is 7.50. The van der Waals surface area contributed by atoms with E-state index in [2.05, 4.69) is 44.8 Å². The summed E-state index contributed by atoms with van der Waals surface area (Å²) < 4.78 is 0. The Labute approximate surface area is 147 Å². The fourth-order valence-corrected chi connectivity index (χ4v) is 2.99. The predicted octanol–water partition coefficient (Wildman–Crippen LogP) is 3.07. The van der Waals surface area contributed by atoms with Crippen molar-refractivity contribution in [3.05, 3.63) is 47.1 Å². The van der Waals surface area contributed by atoms with Gasteiger partial charge < -0.3 is 10.6 Å². The van der Waals surface area contributed by atoms with Crippen LogP contribution in [0.4, 0.5) is 0 Å². The zero-order valence-electron chi connectivity index (χ0n) is 14.2. The number of hydrogen-bond acceptors (Lipinski definition) is 4. The largest absolute Gasteiger partial charge is 0.370 e. The second-order valence-electron chi connectivity index (χ2n) is 5.32. The van der Waals surface area contributed by atoms with Gasteiger partial charge in [-0.3, -0.25) is 0 Å². The predicted molar refractivity (Wildman–Crippen MR) is 101 cm³/mol. The van der Waals surface area contributed by atoms with Crippen molar-refractivity contribution in [1.82, 2.24) is 14.9 Å². The highest BCUT2D eigenvalue weighted by atomic mass is 32.1. The molecule has 0 aliphatic carbocycles. The Morgan fingerprint density at radius 3 is 2.92 bits per heavy atom. The van der Waals surface area contributed by atoms with E-state index < -0.39 is 0 Å². The molecule has 24 heavy (non-hydrogen) atoms. The van der Waals surface area contributed by atoms with Gasteiger partial charge in [0.2, 0.25) is 0 Å². The summed E-state index contributed by atoms with van der Waals surface area (Å²) in [5, 5.41) is 2.07. The van der Waals surface area contributed by atoms with Gasteiger partial charge in [-0.15, -0.1) is 17.9 Å². The molecule has 0 aliphatic rings. The first kappa shape index (κ1) is 17.7. The minimum absolute atomic E-state index is 0.0413. The van der Waals surface area contributed by atoms with Crippen LogP contribution < -0.4 is 5.73 Å². The Morgan fingerprint density at radius 1 is 1.46 bits per heavy atom. The highest BCUT2D eigenvalue weighted by molar-refractivity contribution is 7.10. The summed E-state index contributed by atoms with van der Waals surface area (Å²) in [6.07, 6.45) is 4.12. The maximum Gasteiger partial charge on any atom is 0.191 e. The molecular weight excluding hydrogens is 318 g/mol. The van der Waals surface area contributed by atoms with Crippen LogP contribution in [0, 0.1) is 11.8 Å². The van der Waals surface area contributed by atoms with Gasteiger partial charge in [0, 0.05) is 29.9 Å². The lowest BCUT2D eigenvalue weighted by molar-refractivity contribution is 0.597. The van der Waals surface area contributed by atoms with Gasteiger partial charge in [0.1, 0.15) is 12.0 Å². The van der Waals surface area contributed by atoms with Gasteiger partial charge in [0.15, 0.2) is 5.96 Å². The average Bonchev–Trinajstić information content (AvgIpc) is 3.05. The van der Waals surface area contributed by atoms with Crippen LogP contribution in [0.5, 0.6) is 0 Å². The topological polar surface area (TPSA) is 67.4 Å². The first-order valence-corrected chi connectivity index (χ1v) is 8.38. The summed E-state index contributed by atoms with van der Waals surface area (Å²) >= 11 is 1.64. The number of nitrogens with zero attached hydrogens (tertiary/aromatic N) is 4. The third-order valence-corrected chi connectivity index (χ3v) is 4.33. The smallest absolute Gasteiger partial charge is 0.191 e. The summed E-state index contributed by atoms with van der Waals surface area (Å²) in [6, 6.07) is 3.94. The van der Waals surface area contributed by atoms with Gasteiger partial charge in [-0.25, -0.2) is 15.0 Å². The summed E-state index contributed by atoms with van der Waals surface area (Å²) in [4.78, 5) is 16.0. The molecule has 0 saturated carbocycles. The lowest BCUT2D eigenvalue weighted by Crippen LogP contribution is -2.30. The fourth-order valence-electron chi connectivity index (χ4n) is 2.04. The van der Waals surface area contributed by atoms with Crippen LogP contribution in [-0.4, -0.2) is 34.9 Å². The Kier molecular flexibility index (Phi) is 6.10. The second-order valence-corrected chi connectivity index (χ2v) is 6.27. The SMILES string of the molecule is C=CCC(N=C(N)N(C)C)c1cc(-c2cc(C#CC)ncn2)cs1. The number of aliphatic imine (C=N–C) groups is 1. The molecule has 0 radical (unpaired) electrons. The van der Waals surface area contributed by atoms with Gasteiger partial charge in [0.05, 0.1) is 11.7 Å². The maximum atomic E-state index is 5.97. The Balaban J connectivity index is 2.33. The quantitative estimate of drug-likeness (QED) is 0.393. The Morgan fingerprint density at radius 2 is 2.25 bits per heavy atom. The number of thiophene rings is 1. The molecule has 1 atom stereocenters. The van der Waals surface area contributed by atoms with Crippen molar-refractivity contribution in [2.24, 2.45) is 10.7 Å². The highest BCUT2D eigenvalue weighted by Gasteiger charge is 2.14. The summed E-state index contributed by atoms with van der Waals surface area (Å²) in [5.41, 5.74) is 8.57. The molecular formula is C18H21N5S. The van der Waals surface area contributed by atoms with Gasteiger partial charge in [-0.05, 0) is 31.4 Å². The Hall–Kier alpha value is -2.65. The molecule has 0 aliphatic heterocycles. The molecule has 2 N–H and O–H groups in total. The molecule has 0 fully saturated rings. The van der Waals surface area contributed by atoms with E-state index in [-0.39, 0.29) is 6.04 Å². The van der Waals surface area contributed by atoms with E-state index in [1.54, 1.807) is 23.2 Å². The molecule has 0 aromatic carbocycles. The molecule has 0 spiro atoms. The summed E-state index contributed by atoms with van der Waals surface area (Å²) in [5.74, 6) is 6.30. The van der Waals surface area contributed by atoms with Crippen LogP contribution in [-0.2, 0) is 0 Å². The number of guanidine groups is 1. The van der Waals surface area contributed by atoms with E-state index in [9.17, 15) is 0 Å². The zero-order chi connectivity index (χ0) is 17.5. The van der Waals surface area contributed by atoms with E-state index in [1.807, 2.05) is 26.2 Å². The van der Waals surface area contributed by atoms with E-state index in [1.165, 1.54) is 6.33 Å². The highest BCUT2D eigenvalue weighted by Crippen LogP contribution is 2.32. The lowest BCUT2D eigenvalue weighted by Gasteiger charge is -2.15. The van der Waals surface area contributed by atoms with E-state index >= 15 is 0 Å². The molecule has 2 rings (SSSR count). The molecule has 5 nitrogen and oxygen atoms in total. The van der Waals surface area contributed by atoms with Gasteiger partial charge in [0.25, 0.3) is 0 Å². The molecule has 0 amide bonds. The first-order chi connectivity index (χ1) is 11.5. The fraction of sp³-hybridized carbons (Fsp3) is 0.278. The molecule has 2 aromatic rings. The van der Waals surface area contributed by atoms with Crippen molar-refractivity contribution in [2.75, 3.05) is 14.1 Å². The monoisotopic (exact) mass is 339 g/mol. The van der Waals surface area contributed by atoms with Crippen LogP contribution in [0.15, 0.2) is 41.5 Å². The molecule has 2 aromatic heterocycles. The molecule has 2 heterocycles. The minimum Gasteiger partial charge on any atom is -0.370 e. The van der Waals surface area contributed by atoms with Crippen LogP contribution >= 0.6 is 11.3 Å². The molecule has 0 bridgehead atoms. The van der Waals surface area contributed by atoms with E-state index in [4.69, 9.17) is 5.73 Å². The number of rotatable bonds is 5. The maximum absolute atomic E-state index is 5.97. The van der Waals surface area contributed by atoms with Gasteiger partial charge in [-0.2, -0.15) is 0 Å². The van der Waals surface area contributed by atoms with Crippen molar-refractivity contribution < 1.29 is 0 Å². The lowest BCUT2D eigenvalue weighted by atomic mass is 10.1. The van der Waals surface area contributed by atoms with Gasteiger partial charge >= 0.3 is 0 Å². The Bertz CT molecular complexity index is 795. The van der Waals surface area contributed by atoms with Crippen molar-refractivity contribution in [3.8, 4) is 23.1 Å². The number of aromatic nitrogens is 2. The standard InChI is InChI=1S/C18H21N5S/c1-5-7-14-10-16(21-12-20-14)13-9-17(24-11-13)15(8-6-2)22-18(19)23(3)4/h6,9-12,15H,2,8H2,1,3-4H3,(H2,19,22). The van der Waals surface area contributed by atoms with Crippen LogP contribution in [0.25, 0.3) is 11.3 Å². The average molecular weight is 339 g/mol. The molecule has 6 heteroatoms. The third-order valence-electron chi connectivity index (χ3n) is 3.30. The number of hydrogen-bond donors (Lipinski definition) is 1. The van der Waals surface area contributed by atoms with E-state index in [0.717, 1.165) is 22.6 Å². The normalized spacial score (nSPS) is 12.2. The van der Waals surface area contributed by atoms with Crippen molar-refractivity contribution >= 4 is 17.3 Å². The molecule has 0 saturated heterocycles. The minimum atomic E-state index is -0.0413.